The standard InChI is InChI=1S/C30H28N6O/c1-21-10-14-24(15-11-21)36-19-23(33-35-36)20-37-25-16-12-22(13-17-25)18-31-34-30-26-6-2-4-8-28(26)32-29-9-5-3-7-27(29)30/h2,4,6,8,10-19H,3,5,7,9,20H2,1H3,(H,32,34). The van der Waals surface area contributed by atoms with E-state index in [4.69, 9.17) is 9.72 Å². The number of anilines is 1. The van der Waals surface area contributed by atoms with Crippen molar-refractivity contribution in [3.63, 3.8) is 0 Å². The second-order valence-electron chi connectivity index (χ2n) is 9.35. The zero-order chi connectivity index (χ0) is 25.0. The van der Waals surface area contributed by atoms with Crippen LogP contribution in [0.4, 0.5) is 5.69 Å². The normalized spacial score (nSPS) is 13.1. The number of para-hydroxylation sites is 1. The number of ether oxygens (including phenoxy) is 1. The van der Waals surface area contributed by atoms with Crippen molar-refractivity contribution < 1.29 is 4.74 Å². The maximum Gasteiger partial charge on any atom is 0.134 e. The van der Waals surface area contributed by atoms with Gasteiger partial charge in [-0.15, -0.1) is 5.10 Å². The molecule has 5 aromatic rings. The summed E-state index contributed by atoms with van der Waals surface area (Å²) in [5.74, 6) is 0.768. The molecule has 6 rings (SSSR count). The molecule has 0 unspecified atom stereocenters. The number of nitrogens with one attached hydrogen (secondary N) is 1. The second-order valence-corrected chi connectivity index (χ2v) is 9.35. The Labute approximate surface area is 215 Å². The minimum Gasteiger partial charge on any atom is -0.487 e. The average molecular weight is 489 g/mol. The Morgan fingerprint density at radius 3 is 2.65 bits per heavy atom. The molecule has 1 aliphatic rings. The zero-order valence-corrected chi connectivity index (χ0v) is 20.8. The van der Waals surface area contributed by atoms with Gasteiger partial charge in [0.05, 0.1) is 29.3 Å². The van der Waals surface area contributed by atoms with E-state index in [0.717, 1.165) is 52.1 Å². The Kier molecular flexibility index (Phi) is 6.33. The third-order valence-electron chi connectivity index (χ3n) is 6.67. The lowest BCUT2D eigenvalue weighted by molar-refractivity contribution is 0.301. The Bertz CT molecular complexity index is 1550. The van der Waals surface area contributed by atoms with Gasteiger partial charge in [0.15, 0.2) is 0 Å². The first-order valence-corrected chi connectivity index (χ1v) is 12.6. The van der Waals surface area contributed by atoms with E-state index in [2.05, 4.69) is 58.1 Å². The van der Waals surface area contributed by atoms with Crippen molar-refractivity contribution in [3.05, 3.63) is 107 Å². The number of pyridine rings is 1. The van der Waals surface area contributed by atoms with E-state index in [0.29, 0.717) is 6.61 Å². The van der Waals surface area contributed by atoms with Crippen LogP contribution in [0.1, 0.15) is 40.9 Å². The molecule has 3 aromatic carbocycles. The van der Waals surface area contributed by atoms with Crippen LogP contribution in [0.3, 0.4) is 0 Å². The number of fused-ring (bicyclic) bond motifs is 2. The monoisotopic (exact) mass is 488 g/mol. The highest BCUT2D eigenvalue weighted by Crippen LogP contribution is 2.33. The van der Waals surface area contributed by atoms with Gasteiger partial charge in [0.1, 0.15) is 18.1 Å². The van der Waals surface area contributed by atoms with E-state index >= 15 is 0 Å². The van der Waals surface area contributed by atoms with Gasteiger partial charge in [-0.2, -0.15) is 5.10 Å². The predicted molar refractivity (Wildman–Crippen MR) is 146 cm³/mol. The van der Waals surface area contributed by atoms with Crippen LogP contribution in [0.5, 0.6) is 5.75 Å². The average Bonchev–Trinajstić information content (AvgIpc) is 3.42. The van der Waals surface area contributed by atoms with Gasteiger partial charge in [0.25, 0.3) is 0 Å². The predicted octanol–water partition coefficient (Wildman–Crippen LogP) is 6.03. The van der Waals surface area contributed by atoms with Gasteiger partial charge in [-0.05, 0) is 86.2 Å². The van der Waals surface area contributed by atoms with Gasteiger partial charge >= 0.3 is 0 Å². The Balaban J connectivity index is 1.10. The Morgan fingerprint density at radius 2 is 1.78 bits per heavy atom. The van der Waals surface area contributed by atoms with Crippen LogP contribution in [0.2, 0.25) is 0 Å². The summed E-state index contributed by atoms with van der Waals surface area (Å²) in [6.45, 7) is 2.41. The van der Waals surface area contributed by atoms with Gasteiger partial charge in [-0.25, -0.2) is 4.68 Å². The van der Waals surface area contributed by atoms with Crippen molar-refractivity contribution in [1.29, 1.82) is 0 Å². The number of hydrogen-bond acceptors (Lipinski definition) is 6. The van der Waals surface area contributed by atoms with Crippen LogP contribution in [0, 0.1) is 6.92 Å². The lowest BCUT2D eigenvalue weighted by atomic mass is 9.93. The van der Waals surface area contributed by atoms with Gasteiger partial charge in [-0.3, -0.25) is 10.4 Å². The first-order valence-electron chi connectivity index (χ1n) is 12.6. The first kappa shape index (κ1) is 22.9. The summed E-state index contributed by atoms with van der Waals surface area (Å²) in [6.07, 6.45) is 8.17. The number of hydrogen-bond donors (Lipinski definition) is 1. The Morgan fingerprint density at radius 1 is 0.973 bits per heavy atom. The topological polar surface area (TPSA) is 77.2 Å². The number of aromatic nitrogens is 4. The van der Waals surface area contributed by atoms with Crippen molar-refractivity contribution in [2.45, 2.75) is 39.2 Å². The van der Waals surface area contributed by atoms with Crippen LogP contribution in [-0.2, 0) is 19.4 Å². The third-order valence-corrected chi connectivity index (χ3v) is 6.67. The molecule has 2 aromatic heterocycles. The molecule has 1 N–H and O–H groups in total. The molecule has 0 aliphatic heterocycles. The number of nitrogens with zero attached hydrogens (tertiary/aromatic N) is 5. The highest BCUT2D eigenvalue weighted by Gasteiger charge is 2.17. The molecule has 0 amide bonds. The molecule has 0 radical (unpaired) electrons. The summed E-state index contributed by atoms with van der Waals surface area (Å²) in [6, 6.07) is 24.3. The van der Waals surface area contributed by atoms with Crippen LogP contribution >= 0.6 is 0 Å². The number of hydrazone groups is 1. The molecule has 7 nitrogen and oxygen atoms in total. The van der Waals surface area contributed by atoms with Gasteiger partial charge in [-0.1, -0.05) is 41.1 Å². The fourth-order valence-corrected chi connectivity index (χ4v) is 4.67. The zero-order valence-electron chi connectivity index (χ0n) is 20.8. The molecule has 37 heavy (non-hydrogen) atoms. The summed E-state index contributed by atoms with van der Waals surface area (Å²) in [5.41, 5.74) is 11.8. The molecule has 0 saturated heterocycles. The maximum atomic E-state index is 5.92. The summed E-state index contributed by atoms with van der Waals surface area (Å²) in [4.78, 5) is 4.90. The lowest BCUT2D eigenvalue weighted by Gasteiger charge is -2.20. The summed E-state index contributed by atoms with van der Waals surface area (Å²) < 4.78 is 7.67. The molecular weight excluding hydrogens is 460 g/mol. The fraction of sp³-hybridized carbons (Fsp3) is 0.200. The number of benzene rings is 3. The summed E-state index contributed by atoms with van der Waals surface area (Å²) >= 11 is 0. The molecule has 0 bridgehead atoms. The van der Waals surface area contributed by atoms with E-state index in [9.17, 15) is 0 Å². The summed E-state index contributed by atoms with van der Waals surface area (Å²) in [7, 11) is 0. The molecule has 0 fully saturated rings. The maximum absolute atomic E-state index is 5.92. The fourth-order valence-electron chi connectivity index (χ4n) is 4.67. The lowest BCUT2D eigenvalue weighted by Crippen LogP contribution is -2.09. The SMILES string of the molecule is Cc1ccc(-n2cc(COc3ccc(C=NNc4c5c(nc6ccccc46)CCCC5)cc3)nn2)cc1. The van der Waals surface area contributed by atoms with Crippen molar-refractivity contribution in [2.24, 2.45) is 5.10 Å². The third kappa shape index (κ3) is 5.07. The smallest absolute Gasteiger partial charge is 0.134 e. The van der Waals surface area contributed by atoms with Gasteiger partial charge in [0.2, 0.25) is 0 Å². The molecular formula is C30H28N6O. The molecule has 7 heteroatoms. The Hall–Kier alpha value is -4.52. The second kappa shape index (κ2) is 10.2. The number of aryl methyl sites for hydroxylation is 2. The van der Waals surface area contributed by atoms with E-state index in [-0.39, 0.29) is 0 Å². The van der Waals surface area contributed by atoms with Crippen molar-refractivity contribution >= 4 is 22.8 Å². The minimum absolute atomic E-state index is 0.348. The van der Waals surface area contributed by atoms with E-state index in [1.165, 1.54) is 29.7 Å². The molecule has 1 aliphatic carbocycles. The van der Waals surface area contributed by atoms with Crippen molar-refractivity contribution in [2.75, 3.05) is 5.43 Å². The molecule has 184 valence electrons. The van der Waals surface area contributed by atoms with Crippen LogP contribution < -0.4 is 10.2 Å². The number of rotatable bonds is 7. The van der Waals surface area contributed by atoms with Crippen LogP contribution in [-0.4, -0.2) is 26.2 Å². The molecule has 0 atom stereocenters. The van der Waals surface area contributed by atoms with E-state index in [1.54, 1.807) is 4.68 Å². The van der Waals surface area contributed by atoms with Crippen molar-refractivity contribution in [1.82, 2.24) is 20.0 Å². The first-order chi connectivity index (χ1) is 18.2. The summed E-state index contributed by atoms with van der Waals surface area (Å²) in [5, 5.41) is 14.1. The van der Waals surface area contributed by atoms with Crippen molar-refractivity contribution in [3.8, 4) is 11.4 Å². The highest BCUT2D eigenvalue weighted by molar-refractivity contribution is 5.94. The highest BCUT2D eigenvalue weighted by atomic mass is 16.5. The molecule has 0 spiro atoms. The van der Waals surface area contributed by atoms with Crippen LogP contribution in [0.25, 0.3) is 16.6 Å². The van der Waals surface area contributed by atoms with E-state index < -0.39 is 0 Å². The minimum atomic E-state index is 0.348. The molecule has 0 saturated carbocycles. The largest absolute Gasteiger partial charge is 0.487 e. The van der Waals surface area contributed by atoms with Crippen LogP contribution in [0.15, 0.2) is 84.1 Å². The quantitative estimate of drug-likeness (QED) is 0.224. The van der Waals surface area contributed by atoms with Gasteiger partial charge in [0, 0.05) is 11.1 Å². The van der Waals surface area contributed by atoms with Gasteiger partial charge < -0.3 is 4.74 Å². The molecule has 2 heterocycles. The van der Waals surface area contributed by atoms with E-state index in [1.807, 2.05) is 54.9 Å².